The summed E-state index contributed by atoms with van der Waals surface area (Å²) in [5.41, 5.74) is 6.19. The topological polar surface area (TPSA) is 49.3 Å². The summed E-state index contributed by atoms with van der Waals surface area (Å²) >= 11 is 0. The van der Waals surface area contributed by atoms with Crippen LogP contribution in [0, 0.1) is 26.7 Å². The van der Waals surface area contributed by atoms with Crippen LogP contribution in [0.4, 0.5) is 5.82 Å². The van der Waals surface area contributed by atoms with Crippen LogP contribution in [0.1, 0.15) is 73.8 Å². The Balaban J connectivity index is 1.96. The number of piperazine rings is 1. The van der Waals surface area contributed by atoms with Crippen LogP contribution in [0.25, 0.3) is 0 Å². The molecule has 1 aliphatic rings. The van der Waals surface area contributed by atoms with Gasteiger partial charge in [0, 0.05) is 55.7 Å². The lowest BCUT2D eigenvalue weighted by atomic mass is 9.97. The fourth-order valence-corrected chi connectivity index (χ4v) is 4.16. The van der Waals surface area contributed by atoms with Gasteiger partial charge in [0.05, 0.1) is 0 Å². The molecule has 0 N–H and O–H groups in total. The highest BCUT2D eigenvalue weighted by molar-refractivity contribution is 5.78. The minimum Gasteiger partial charge on any atom is -0.353 e. The summed E-state index contributed by atoms with van der Waals surface area (Å²) in [7, 11) is 0. The lowest BCUT2D eigenvalue weighted by molar-refractivity contribution is -0.134. The molecular formula is C26H38N4O. The Bertz CT molecular complexity index is 929. The van der Waals surface area contributed by atoms with Gasteiger partial charge in [0.1, 0.15) is 11.6 Å². The van der Waals surface area contributed by atoms with E-state index in [4.69, 9.17) is 9.97 Å². The largest absolute Gasteiger partial charge is 0.353 e. The maximum absolute atomic E-state index is 12.4. The van der Waals surface area contributed by atoms with E-state index in [0.29, 0.717) is 5.92 Å². The summed E-state index contributed by atoms with van der Waals surface area (Å²) in [6.45, 7) is 17.9. The predicted octanol–water partition coefficient (Wildman–Crippen LogP) is 4.81. The van der Waals surface area contributed by atoms with E-state index in [2.05, 4.69) is 57.7 Å². The first kappa shape index (κ1) is 23.2. The van der Waals surface area contributed by atoms with Crippen LogP contribution in [0.2, 0.25) is 0 Å². The normalized spacial score (nSPS) is 15.5. The molecule has 0 aliphatic carbocycles. The van der Waals surface area contributed by atoms with Crippen LogP contribution < -0.4 is 4.90 Å². The summed E-state index contributed by atoms with van der Waals surface area (Å²) < 4.78 is 0. The molecule has 3 rings (SSSR count). The number of nitrogens with zero attached hydrogens (tertiary/aromatic N) is 4. The zero-order chi connectivity index (χ0) is 22.7. The molecule has 1 atom stereocenters. The molecule has 0 radical (unpaired) electrons. The van der Waals surface area contributed by atoms with Gasteiger partial charge >= 0.3 is 0 Å². The predicted molar refractivity (Wildman–Crippen MR) is 128 cm³/mol. The number of benzene rings is 1. The Kier molecular flexibility index (Phi) is 7.34. The molecule has 5 heteroatoms. The van der Waals surface area contributed by atoms with E-state index >= 15 is 0 Å². The number of aromatic nitrogens is 2. The lowest BCUT2D eigenvalue weighted by Gasteiger charge is -2.37. The van der Waals surface area contributed by atoms with Crippen LogP contribution in [-0.4, -0.2) is 47.0 Å². The molecule has 2 aromatic rings. The highest BCUT2D eigenvalue weighted by Crippen LogP contribution is 2.29. The van der Waals surface area contributed by atoms with Gasteiger partial charge in [-0.2, -0.15) is 0 Å². The highest BCUT2D eigenvalue weighted by Gasteiger charge is 2.26. The van der Waals surface area contributed by atoms with Crippen LogP contribution in [0.15, 0.2) is 18.2 Å². The number of hydrogen-bond acceptors (Lipinski definition) is 4. The molecule has 1 aromatic heterocycles. The van der Waals surface area contributed by atoms with Crippen molar-refractivity contribution >= 4 is 11.7 Å². The Morgan fingerprint density at radius 2 is 1.71 bits per heavy atom. The Labute approximate surface area is 187 Å². The zero-order valence-electron chi connectivity index (χ0n) is 20.3. The molecule has 168 valence electrons. The molecule has 0 bridgehead atoms. The van der Waals surface area contributed by atoms with Crippen molar-refractivity contribution < 1.29 is 4.79 Å². The van der Waals surface area contributed by atoms with E-state index in [1.807, 2.05) is 18.7 Å². The van der Waals surface area contributed by atoms with E-state index in [9.17, 15) is 4.79 Å². The van der Waals surface area contributed by atoms with Gasteiger partial charge in [-0.15, -0.1) is 0 Å². The van der Waals surface area contributed by atoms with Crippen LogP contribution in [0.3, 0.4) is 0 Å². The third-order valence-electron chi connectivity index (χ3n) is 6.52. The monoisotopic (exact) mass is 422 g/mol. The van der Waals surface area contributed by atoms with Gasteiger partial charge in [0.15, 0.2) is 0 Å². The molecule has 1 aromatic carbocycles. The molecule has 1 saturated heterocycles. The quantitative estimate of drug-likeness (QED) is 0.670. The van der Waals surface area contributed by atoms with Crippen molar-refractivity contribution in [3.8, 4) is 0 Å². The van der Waals surface area contributed by atoms with Crippen molar-refractivity contribution in [2.75, 3.05) is 31.1 Å². The molecule has 0 saturated carbocycles. The third kappa shape index (κ3) is 5.25. The molecule has 1 fully saturated rings. The van der Waals surface area contributed by atoms with E-state index in [0.717, 1.165) is 56.4 Å². The molecule has 1 amide bonds. The second-order valence-electron chi connectivity index (χ2n) is 9.35. The third-order valence-corrected chi connectivity index (χ3v) is 6.52. The molecule has 1 unspecified atom stereocenters. The van der Waals surface area contributed by atoms with Crippen LogP contribution >= 0.6 is 0 Å². The van der Waals surface area contributed by atoms with Gasteiger partial charge < -0.3 is 9.80 Å². The smallest absolute Gasteiger partial charge is 0.225 e. The summed E-state index contributed by atoms with van der Waals surface area (Å²) in [6.07, 6.45) is 1.85. The number of aryl methyl sites for hydroxylation is 3. The van der Waals surface area contributed by atoms with Gasteiger partial charge in [-0.25, -0.2) is 9.97 Å². The first-order valence-corrected chi connectivity index (χ1v) is 11.7. The Morgan fingerprint density at radius 1 is 1.03 bits per heavy atom. The standard InChI is InChI=1S/C26H38N4O/c1-8-19(5)24-27-21(7)23(16-22-15-18(4)9-10-20(22)6)25(28-24)29-11-13-30(14-12-29)26(31)17(2)3/h9-10,15,17,19H,8,11-14,16H2,1-7H3. The first-order valence-electron chi connectivity index (χ1n) is 11.7. The van der Waals surface area contributed by atoms with Crippen molar-refractivity contribution in [3.05, 3.63) is 52.0 Å². The fourth-order valence-electron chi connectivity index (χ4n) is 4.16. The van der Waals surface area contributed by atoms with Crippen LogP contribution in [-0.2, 0) is 11.2 Å². The average molecular weight is 423 g/mol. The second-order valence-corrected chi connectivity index (χ2v) is 9.35. The maximum atomic E-state index is 12.4. The lowest BCUT2D eigenvalue weighted by Crippen LogP contribution is -2.50. The van der Waals surface area contributed by atoms with E-state index in [1.165, 1.54) is 22.3 Å². The van der Waals surface area contributed by atoms with Crippen molar-refractivity contribution in [1.82, 2.24) is 14.9 Å². The summed E-state index contributed by atoms with van der Waals surface area (Å²) in [5.74, 6) is 2.61. The van der Waals surface area contributed by atoms with Crippen molar-refractivity contribution in [2.45, 2.75) is 67.2 Å². The SMILES string of the molecule is CCC(C)c1nc(C)c(Cc2cc(C)ccc2C)c(N2CCN(C(=O)C(C)C)CC2)n1. The summed E-state index contributed by atoms with van der Waals surface area (Å²) in [4.78, 5) is 26.8. The number of hydrogen-bond donors (Lipinski definition) is 0. The van der Waals surface area contributed by atoms with Gasteiger partial charge in [-0.3, -0.25) is 4.79 Å². The molecule has 1 aliphatic heterocycles. The zero-order valence-corrected chi connectivity index (χ0v) is 20.3. The number of rotatable bonds is 6. The fraction of sp³-hybridized carbons (Fsp3) is 0.577. The minimum absolute atomic E-state index is 0.0460. The molecule has 31 heavy (non-hydrogen) atoms. The van der Waals surface area contributed by atoms with E-state index in [-0.39, 0.29) is 11.8 Å². The first-order chi connectivity index (χ1) is 14.7. The number of carbonyl (C=O) groups excluding carboxylic acids is 1. The maximum Gasteiger partial charge on any atom is 0.225 e. The van der Waals surface area contributed by atoms with E-state index < -0.39 is 0 Å². The molecule has 0 spiro atoms. The Morgan fingerprint density at radius 3 is 2.32 bits per heavy atom. The van der Waals surface area contributed by atoms with Crippen molar-refractivity contribution in [2.24, 2.45) is 5.92 Å². The number of amides is 1. The van der Waals surface area contributed by atoms with E-state index in [1.54, 1.807) is 0 Å². The minimum atomic E-state index is 0.0460. The second kappa shape index (κ2) is 9.80. The van der Waals surface area contributed by atoms with Gasteiger partial charge in [0.25, 0.3) is 0 Å². The van der Waals surface area contributed by atoms with Gasteiger partial charge in [0.2, 0.25) is 5.91 Å². The van der Waals surface area contributed by atoms with Crippen molar-refractivity contribution in [1.29, 1.82) is 0 Å². The molecular weight excluding hydrogens is 384 g/mol. The summed E-state index contributed by atoms with van der Waals surface area (Å²) in [5, 5.41) is 0. The highest BCUT2D eigenvalue weighted by atomic mass is 16.2. The molecule has 2 heterocycles. The average Bonchev–Trinajstić information content (AvgIpc) is 2.76. The van der Waals surface area contributed by atoms with Crippen LogP contribution in [0.5, 0.6) is 0 Å². The number of anilines is 1. The molecule has 5 nitrogen and oxygen atoms in total. The summed E-state index contributed by atoms with van der Waals surface area (Å²) in [6, 6.07) is 6.64. The van der Waals surface area contributed by atoms with Gasteiger partial charge in [-0.05, 0) is 38.3 Å². The van der Waals surface area contributed by atoms with Gasteiger partial charge in [-0.1, -0.05) is 51.5 Å². The Hall–Kier alpha value is -2.43. The number of carbonyl (C=O) groups is 1. The van der Waals surface area contributed by atoms with Crippen molar-refractivity contribution in [3.63, 3.8) is 0 Å².